The standard InChI is InChI=1S/C18H35N5Si2/c1-8-24(9-2,10-3)23(25(11-4,12-5)13-6)18-16-17(20-14-19-16)21-15-22(18)7/h14-15H,8-13H2,1-7H3. The summed E-state index contributed by atoms with van der Waals surface area (Å²) in [6, 6.07) is 7.71. The van der Waals surface area contributed by atoms with Crippen molar-refractivity contribution < 1.29 is 0 Å². The normalized spacial score (nSPS) is 12.8. The largest absolute Gasteiger partial charge is 0.408 e. The molecule has 0 radical (unpaired) electrons. The van der Waals surface area contributed by atoms with E-state index in [2.05, 4.69) is 72.3 Å². The third-order valence-corrected chi connectivity index (χ3v) is 19.7. The third-order valence-electron chi connectivity index (χ3n) is 6.59. The van der Waals surface area contributed by atoms with Crippen molar-refractivity contribution in [1.29, 1.82) is 0 Å². The summed E-state index contributed by atoms with van der Waals surface area (Å²) in [5.41, 5.74) is 0.990. The van der Waals surface area contributed by atoms with Crippen LogP contribution in [0.2, 0.25) is 36.3 Å². The van der Waals surface area contributed by atoms with Crippen LogP contribution in [0.25, 0.3) is 11.5 Å². The molecule has 0 amide bonds. The van der Waals surface area contributed by atoms with Crippen molar-refractivity contribution >= 4 is 22.3 Å². The lowest BCUT2D eigenvalue weighted by Gasteiger charge is -2.54. The number of rotatable bonds is 9. The molecule has 2 heterocycles. The van der Waals surface area contributed by atoms with Crippen LogP contribution in [0, 0.1) is 0 Å². The Kier molecular flexibility index (Phi) is 6.42. The van der Waals surface area contributed by atoms with Gasteiger partial charge in [0.05, 0.1) is 6.33 Å². The molecule has 0 aromatic heterocycles. The Morgan fingerprint density at radius 1 is 0.800 bits per heavy atom. The zero-order valence-electron chi connectivity index (χ0n) is 17.1. The summed E-state index contributed by atoms with van der Waals surface area (Å²) in [4.78, 5) is 13.5. The van der Waals surface area contributed by atoms with Gasteiger partial charge in [-0.25, -0.2) is 15.0 Å². The molecule has 0 aliphatic carbocycles. The van der Waals surface area contributed by atoms with Gasteiger partial charge in [-0.2, -0.15) is 0 Å². The highest BCUT2D eigenvalue weighted by Crippen LogP contribution is 2.42. The van der Waals surface area contributed by atoms with E-state index in [-0.39, 0.29) is 0 Å². The Labute approximate surface area is 155 Å². The van der Waals surface area contributed by atoms with Crippen molar-refractivity contribution in [2.45, 2.75) is 77.8 Å². The maximum atomic E-state index is 4.64. The van der Waals surface area contributed by atoms with Crippen molar-refractivity contribution in [2.24, 2.45) is 7.05 Å². The van der Waals surface area contributed by atoms with Crippen LogP contribution >= 0.6 is 0 Å². The minimum absolute atomic E-state index is 0.788. The SMILES string of the molecule is CC[Si](CC)(CC)N(c1c2ncnc-2ncn1C)[Si](CC)(CC)CC. The number of imidazole rings is 1. The van der Waals surface area contributed by atoms with E-state index in [0.29, 0.717) is 0 Å². The Hall–Kier alpha value is -1.22. The number of hydrogen-bond acceptors (Lipinski definition) is 4. The lowest BCUT2D eigenvalue weighted by atomic mass is 10.4. The van der Waals surface area contributed by atoms with Gasteiger partial charge in [-0.1, -0.05) is 41.5 Å². The number of fused-ring (bicyclic) bond motifs is 1. The van der Waals surface area contributed by atoms with Crippen LogP contribution in [0.3, 0.4) is 0 Å². The lowest BCUT2D eigenvalue weighted by Crippen LogP contribution is -2.67. The van der Waals surface area contributed by atoms with Crippen molar-refractivity contribution in [2.75, 3.05) is 4.23 Å². The van der Waals surface area contributed by atoms with E-state index in [4.69, 9.17) is 0 Å². The first-order chi connectivity index (χ1) is 12.0. The highest BCUT2D eigenvalue weighted by molar-refractivity contribution is 7.02. The van der Waals surface area contributed by atoms with E-state index in [1.165, 1.54) is 42.1 Å². The number of hydrogen-bond donors (Lipinski definition) is 0. The highest BCUT2D eigenvalue weighted by atomic mass is 28.4. The van der Waals surface area contributed by atoms with E-state index in [1.54, 1.807) is 6.33 Å². The maximum absolute atomic E-state index is 4.64. The second kappa shape index (κ2) is 7.99. The summed E-state index contributed by atoms with van der Waals surface area (Å²) in [7, 11) is -1.13. The summed E-state index contributed by atoms with van der Waals surface area (Å²) in [6.07, 6.45) is 3.60. The fourth-order valence-electron chi connectivity index (χ4n) is 4.54. The Morgan fingerprint density at radius 3 is 1.72 bits per heavy atom. The predicted molar refractivity (Wildman–Crippen MR) is 112 cm³/mol. The molecule has 5 nitrogen and oxygen atoms in total. The molecule has 0 unspecified atom stereocenters. The molecule has 25 heavy (non-hydrogen) atoms. The predicted octanol–water partition coefficient (Wildman–Crippen LogP) is 5.13. The first-order valence-corrected chi connectivity index (χ1v) is 15.0. The molecule has 0 aromatic carbocycles. The molecule has 0 saturated carbocycles. The summed E-state index contributed by atoms with van der Waals surface area (Å²) < 4.78 is 5.20. The van der Waals surface area contributed by atoms with Gasteiger partial charge < -0.3 is 8.80 Å². The minimum Gasteiger partial charge on any atom is -0.408 e. The average Bonchev–Trinajstić information content (AvgIpc) is 3.13. The fraction of sp³-hybridized carbons (Fsp3) is 0.722. The van der Waals surface area contributed by atoms with E-state index in [9.17, 15) is 0 Å². The topological polar surface area (TPSA) is 46.8 Å². The van der Waals surface area contributed by atoms with Crippen LogP contribution in [0.4, 0.5) is 5.82 Å². The van der Waals surface area contributed by atoms with E-state index >= 15 is 0 Å². The first kappa shape index (κ1) is 20.1. The molecule has 2 aliphatic rings. The maximum Gasteiger partial charge on any atom is 0.184 e. The summed E-state index contributed by atoms with van der Waals surface area (Å²) >= 11 is 0. The quantitative estimate of drug-likeness (QED) is 0.568. The Bertz CT molecular complexity index is 612. The van der Waals surface area contributed by atoms with Crippen molar-refractivity contribution in [3.8, 4) is 11.5 Å². The first-order valence-electron chi connectivity index (χ1n) is 9.91. The number of aryl methyl sites for hydroxylation is 1. The summed E-state index contributed by atoms with van der Waals surface area (Å²) in [5.74, 6) is 2.08. The van der Waals surface area contributed by atoms with Crippen molar-refractivity contribution in [3.05, 3.63) is 12.7 Å². The zero-order valence-corrected chi connectivity index (χ0v) is 19.1. The van der Waals surface area contributed by atoms with E-state index in [0.717, 1.165) is 11.5 Å². The van der Waals surface area contributed by atoms with Gasteiger partial charge in [-0.15, -0.1) is 0 Å². The van der Waals surface area contributed by atoms with Gasteiger partial charge in [0, 0.05) is 7.05 Å². The van der Waals surface area contributed by atoms with E-state index < -0.39 is 16.5 Å². The molecule has 0 N–H and O–H groups in total. The van der Waals surface area contributed by atoms with Crippen LogP contribution < -0.4 is 4.23 Å². The van der Waals surface area contributed by atoms with Gasteiger partial charge in [0.25, 0.3) is 0 Å². The smallest absolute Gasteiger partial charge is 0.184 e. The van der Waals surface area contributed by atoms with Gasteiger partial charge in [0.2, 0.25) is 0 Å². The average molecular weight is 378 g/mol. The van der Waals surface area contributed by atoms with Crippen LogP contribution in [0.15, 0.2) is 12.7 Å². The second-order valence-electron chi connectivity index (χ2n) is 7.13. The molecule has 0 bridgehead atoms. The molecular weight excluding hydrogens is 342 g/mol. The van der Waals surface area contributed by atoms with Gasteiger partial charge in [0.15, 0.2) is 5.82 Å². The molecule has 0 spiro atoms. The summed E-state index contributed by atoms with van der Waals surface area (Å²) in [5, 5.41) is 0. The van der Waals surface area contributed by atoms with Gasteiger partial charge in [-0.05, 0) is 36.3 Å². The minimum atomic E-state index is -1.63. The molecule has 2 aliphatic heterocycles. The molecule has 0 atom stereocenters. The monoisotopic (exact) mass is 377 g/mol. The Balaban J connectivity index is 2.83. The fourth-order valence-corrected chi connectivity index (χ4v) is 17.7. The van der Waals surface area contributed by atoms with Gasteiger partial charge in [0.1, 0.15) is 34.3 Å². The molecule has 2 rings (SSSR count). The van der Waals surface area contributed by atoms with Gasteiger partial charge in [-0.3, -0.25) is 0 Å². The van der Waals surface area contributed by atoms with E-state index in [1.807, 2.05) is 6.33 Å². The number of anilines is 1. The molecule has 0 saturated heterocycles. The molecule has 0 aromatic rings. The third kappa shape index (κ3) is 3.16. The molecule has 0 fully saturated rings. The van der Waals surface area contributed by atoms with Crippen LogP contribution in [-0.2, 0) is 7.05 Å². The number of nitrogens with zero attached hydrogens (tertiary/aromatic N) is 5. The van der Waals surface area contributed by atoms with Crippen LogP contribution in [0.1, 0.15) is 41.5 Å². The van der Waals surface area contributed by atoms with Gasteiger partial charge >= 0.3 is 0 Å². The second-order valence-corrected chi connectivity index (χ2v) is 17.6. The molecule has 140 valence electrons. The summed E-state index contributed by atoms with van der Waals surface area (Å²) in [6.45, 7) is 14.4. The van der Waals surface area contributed by atoms with Crippen molar-refractivity contribution in [3.63, 3.8) is 0 Å². The highest BCUT2D eigenvalue weighted by Gasteiger charge is 2.48. The van der Waals surface area contributed by atoms with Crippen molar-refractivity contribution in [1.82, 2.24) is 19.5 Å². The molecule has 7 heteroatoms. The lowest BCUT2D eigenvalue weighted by molar-refractivity contribution is 0.848. The zero-order chi connectivity index (χ0) is 18.7. The number of aromatic nitrogens is 4. The Morgan fingerprint density at radius 2 is 1.28 bits per heavy atom. The van der Waals surface area contributed by atoms with Crippen LogP contribution in [-0.4, -0.2) is 36.0 Å². The van der Waals surface area contributed by atoms with Crippen LogP contribution in [0.5, 0.6) is 0 Å². The molecular formula is C18H35N5Si2.